The van der Waals surface area contributed by atoms with E-state index >= 15 is 0 Å². The first-order chi connectivity index (χ1) is 9.77. The molecule has 2 aliphatic carbocycles. The van der Waals surface area contributed by atoms with Crippen LogP contribution in [0.25, 0.3) is 0 Å². The number of hydrogen-bond donors (Lipinski definition) is 0. The quantitative estimate of drug-likeness (QED) is 0.571. The molecule has 0 heterocycles. The molecule has 0 fully saturated rings. The van der Waals surface area contributed by atoms with Crippen LogP contribution in [0.3, 0.4) is 0 Å². The molecule has 21 heavy (non-hydrogen) atoms. The van der Waals surface area contributed by atoms with E-state index in [4.69, 9.17) is 0 Å². The van der Waals surface area contributed by atoms with Gasteiger partial charge in [-0.15, -0.1) is 40.1 Å². The molecule has 0 aliphatic heterocycles. The predicted molar refractivity (Wildman–Crippen MR) is 89.6 cm³/mol. The van der Waals surface area contributed by atoms with Crippen molar-refractivity contribution in [2.24, 2.45) is 0 Å². The number of allylic oxidation sites excluding steroid dienone is 8. The van der Waals surface area contributed by atoms with Crippen molar-refractivity contribution in [3.05, 3.63) is 83.3 Å². The maximum atomic E-state index is 2.38. The summed E-state index contributed by atoms with van der Waals surface area (Å²) in [5.74, 6) is 1.47. The summed E-state index contributed by atoms with van der Waals surface area (Å²) in [5.41, 5.74) is 4.39. The van der Waals surface area contributed by atoms with Gasteiger partial charge < -0.3 is 0 Å². The fourth-order valence-corrected chi connectivity index (χ4v) is 4.13. The Kier molecular flexibility index (Phi) is 5.69. The van der Waals surface area contributed by atoms with E-state index in [-0.39, 0.29) is 21.7 Å². The van der Waals surface area contributed by atoms with Gasteiger partial charge in [0.1, 0.15) is 0 Å². The molecule has 0 aromatic heterocycles. The second kappa shape index (κ2) is 7.31. The fourth-order valence-electron chi connectivity index (χ4n) is 2.95. The third kappa shape index (κ3) is 3.42. The van der Waals surface area contributed by atoms with Crippen LogP contribution >= 0.6 is 0 Å². The summed E-state index contributed by atoms with van der Waals surface area (Å²) in [6.07, 6.45) is 15.6. The first kappa shape index (κ1) is 16.4. The van der Waals surface area contributed by atoms with Gasteiger partial charge in [0.05, 0.1) is 0 Å². The molecule has 0 amide bonds. The second-order valence-electron chi connectivity index (χ2n) is 5.57. The molecule has 105 valence electrons. The molecule has 3 rings (SSSR count). The minimum absolute atomic E-state index is 0. The van der Waals surface area contributed by atoms with Gasteiger partial charge in [0.2, 0.25) is 0 Å². The molecule has 1 radical (unpaired) electrons. The standard InChI is InChI=1S/C19H20Si.Ti/c1-20(2)18-14-8-7-13-17(18)19(15-9-3-4-10-15)16-11-5-6-12-16;/h3-9,11,13-14H,10,12H2,1-2H3;/q-1;. The van der Waals surface area contributed by atoms with Gasteiger partial charge in [-0.1, -0.05) is 61.5 Å². The molecule has 2 aliphatic rings. The van der Waals surface area contributed by atoms with Crippen LogP contribution in [-0.4, -0.2) is 8.80 Å². The zero-order valence-corrected chi connectivity index (χ0v) is 15.2. The summed E-state index contributed by atoms with van der Waals surface area (Å²) in [5, 5.41) is 1.55. The molecule has 0 spiro atoms. The van der Waals surface area contributed by atoms with Gasteiger partial charge in [0.25, 0.3) is 0 Å². The van der Waals surface area contributed by atoms with Crippen LogP contribution in [0, 0.1) is 5.92 Å². The van der Waals surface area contributed by atoms with Crippen LogP contribution < -0.4 is 5.19 Å². The Balaban J connectivity index is 0.00000161. The molecule has 2 heteroatoms. The molecule has 0 nitrogen and oxygen atoms in total. The minimum Gasteiger partial charge on any atom is -0.118 e. The van der Waals surface area contributed by atoms with Gasteiger partial charge in [-0.3, -0.25) is 0 Å². The molecule has 1 aromatic rings. The Labute approximate surface area is 144 Å². The van der Waals surface area contributed by atoms with Crippen molar-refractivity contribution in [2.45, 2.75) is 25.9 Å². The Hall–Kier alpha value is -1.02. The van der Waals surface area contributed by atoms with Gasteiger partial charge >= 0.3 is 0 Å². The summed E-state index contributed by atoms with van der Waals surface area (Å²) in [4.78, 5) is 0. The summed E-state index contributed by atoms with van der Waals surface area (Å²) in [7, 11) is -0.460. The van der Waals surface area contributed by atoms with Crippen LogP contribution in [0.1, 0.15) is 18.4 Å². The molecular weight excluding hydrogens is 304 g/mol. The van der Waals surface area contributed by atoms with Crippen LogP contribution in [0.2, 0.25) is 13.1 Å². The van der Waals surface area contributed by atoms with E-state index in [1.54, 1.807) is 5.19 Å². The summed E-state index contributed by atoms with van der Waals surface area (Å²) in [6.45, 7) is 4.76. The van der Waals surface area contributed by atoms with E-state index in [9.17, 15) is 0 Å². The van der Waals surface area contributed by atoms with Gasteiger partial charge in [-0.25, -0.2) is 0 Å². The first-order valence-electron chi connectivity index (χ1n) is 7.26. The maximum Gasteiger partial charge on any atom is 0.0338 e. The molecule has 0 unspecified atom stereocenters. The Bertz CT molecular complexity index is 590. The molecular formula is C19H20SiTi-. The average molecular weight is 324 g/mol. The van der Waals surface area contributed by atoms with Crippen molar-refractivity contribution in [2.75, 3.05) is 0 Å². The predicted octanol–water partition coefficient (Wildman–Crippen LogP) is 4.34. The molecule has 0 N–H and O–H groups in total. The SMILES string of the molecule is C[Si](C)c1ccccc1[C-](C1=CC=CC1)C1=CC=CC1.[Ti]. The van der Waals surface area contributed by atoms with Gasteiger partial charge in [0.15, 0.2) is 0 Å². The average Bonchev–Trinajstić information content (AvgIpc) is 3.13. The van der Waals surface area contributed by atoms with Gasteiger partial charge in [-0.2, -0.15) is 0 Å². The first-order valence-corrected chi connectivity index (χ1v) is 9.76. The van der Waals surface area contributed by atoms with E-state index in [0.717, 1.165) is 12.8 Å². The van der Waals surface area contributed by atoms with Crippen molar-refractivity contribution >= 4 is 14.0 Å². The normalized spacial score (nSPS) is 16.0. The van der Waals surface area contributed by atoms with Crippen molar-refractivity contribution in [1.29, 1.82) is 0 Å². The van der Waals surface area contributed by atoms with Crippen molar-refractivity contribution < 1.29 is 21.7 Å². The maximum absolute atomic E-state index is 2.38. The Morgan fingerprint density at radius 1 is 0.905 bits per heavy atom. The largest absolute Gasteiger partial charge is 0.118 e. The van der Waals surface area contributed by atoms with E-state index in [2.05, 4.69) is 73.8 Å². The zero-order valence-electron chi connectivity index (χ0n) is 12.7. The molecule has 0 saturated carbocycles. The van der Waals surface area contributed by atoms with Crippen molar-refractivity contribution in [3.8, 4) is 0 Å². The van der Waals surface area contributed by atoms with E-state index in [0.29, 0.717) is 0 Å². The fraction of sp³-hybridized carbons (Fsp3) is 0.211. The van der Waals surface area contributed by atoms with Gasteiger partial charge in [-0.05, 0) is 12.8 Å². The van der Waals surface area contributed by atoms with E-state index in [1.165, 1.54) is 22.6 Å². The minimum atomic E-state index is -0.460. The summed E-state index contributed by atoms with van der Waals surface area (Å²) < 4.78 is 0. The van der Waals surface area contributed by atoms with Crippen LogP contribution in [0.5, 0.6) is 0 Å². The number of hydrogen-bond acceptors (Lipinski definition) is 0. The molecule has 1 aromatic carbocycles. The van der Waals surface area contributed by atoms with Crippen LogP contribution in [0.4, 0.5) is 0 Å². The van der Waals surface area contributed by atoms with E-state index in [1.807, 2.05) is 0 Å². The van der Waals surface area contributed by atoms with Crippen LogP contribution in [-0.2, 0) is 21.7 Å². The van der Waals surface area contributed by atoms with Crippen LogP contribution in [0.15, 0.2) is 71.9 Å². The van der Waals surface area contributed by atoms with Crippen molar-refractivity contribution in [3.63, 3.8) is 0 Å². The number of benzene rings is 1. The van der Waals surface area contributed by atoms with E-state index < -0.39 is 8.80 Å². The Morgan fingerprint density at radius 2 is 1.48 bits per heavy atom. The topological polar surface area (TPSA) is 0 Å². The summed E-state index contributed by atoms with van der Waals surface area (Å²) in [6, 6.07) is 8.97. The smallest absolute Gasteiger partial charge is 0.0338 e. The third-order valence-electron chi connectivity index (χ3n) is 3.92. The number of rotatable bonds is 4. The van der Waals surface area contributed by atoms with Crippen molar-refractivity contribution in [1.82, 2.24) is 0 Å². The molecule has 0 saturated heterocycles. The molecule has 0 atom stereocenters. The zero-order chi connectivity index (χ0) is 13.9. The second-order valence-corrected chi connectivity index (χ2v) is 8.11. The Morgan fingerprint density at radius 3 is 1.95 bits per heavy atom. The monoisotopic (exact) mass is 324 g/mol. The van der Waals surface area contributed by atoms with Gasteiger partial charge in [0, 0.05) is 30.5 Å². The summed E-state index contributed by atoms with van der Waals surface area (Å²) >= 11 is 0. The molecule has 0 bridgehead atoms. The third-order valence-corrected chi connectivity index (χ3v) is 5.43.